The summed E-state index contributed by atoms with van der Waals surface area (Å²) in [6.45, 7) is 2.53. The average Bonchev–Trinajstić information content (AvgIpc) is 3.26. The number of imidazole rings is 1. The molecule has 0 saturated heterocycles. The number of nitrogens with zero attached hydrogens (tertiary/aromatic N) is 3. The average molecular weight is 497 g/mol. The maximum atomic E-state index is 13.4. The Kier molecular flexibility index (Phi) is 7.09. The molecule has 1 N–H and O–H groups in total. The predicted octanol–water partition coefficient (Wildman–Crippen LogP) is 6.40. The van der Waals surface area contributed by atoms with Crippen molar-refractivity contribution in [3.8, 4) is 0 Å². The Hall–Kier alpha value is -3.97. The van der Waals surface area contributed by atoms with Gasteiger partial charge in [0.25, 0.3) is 5.91 Å². The van der Waals surface area contributed by atoms with Crippen LogP contribution in [0.3, 0.4) is 0 Å². The van der Waals surface area contributed by atoms with E-state index in [0.29, 0.717) is 17.9 Å². The minimum atomic E-state index is -0.256. The van der Waals surface area contributed by atoms with E-state index >= 15 is 0 Å². The summed E-state index contributed by atoms with van der Waals surface area (Å²) in [5.41, 5.74) is 5.37. The first-order valence-corrected chi connectivity index (χ1v) is 12.7. The molecule has 0 aliphatic carbocycles. The quantitative estimate of drug-likeness (QED) is 0.253. The van der Waals surface area contributed by atoms with E-state index in [2.05, 4.69) is 14.9 Å². The summed E-state index contributed by atoms with van der Waals surface area (Å²) in [6, 6.07) is 27.8. The monoisotopic (exact) mass is 496 g/mol. The van der Waals surface area contributed by atoms with Crippen molar-refractivity contribution in [2.75, 3.05) is 0 Å². The molecule has 0 aliphatic rings. The van der Waals surface area contributed by atoms with Crippen LogP contribution in [0, 0.1) is 5.82 Å². The van der Waals surface area contributed by atoms with Crippen LogP contribution in [0.5, 0.6) is 0 Å². The number of pyridine rings is 1. The zero-order chi connectivity index (χ0) is 24.9. The third-order valence-corrected chi connectivity index (χ3v) is 7.00. The van der Waals surface area contributed by atoms with Gasteiger partial charge in [-0.05, 0) is 60.0 Å². The van der Waals surface area contributed by atoms with Crippen molar-refractivity contribution < 1.29 is 9.18 Å². The van der Waals surface area contributed by atoms with Crippen LogP contribution in [0.4, 0.5) is 4.39 Å². The van der Waals surface area contributed by atoms with Crippen molar-refractivity contribution in [3.63, 3.8) is 0 Å². The Morgan fingerprint density at radius 3 is 2.42 bits per heavy atom. The lowest BCUT2D eigenvalue weighted by Crippen LogP contribution is -2.26. The molecule has 180 valence electrons. The van der Waals surface area contributed by atoms with Gasteiger partial charge in [0.1, 0.15) is 11.3 Å². The Morgan fingerprint density at radius 2 is 1.67 bits per heavy atom. The number of hydrogen-bond acceptors (Lipinski definition) is 4. The molecule has 0 spiro atoms. The summed E-state index contributed by atoms with van der Waals surface area (Å²) >= 11 is 1.61. The number of carbonyl (C=O) groups excluding carboxylic acids is 1. The molecule has 5 rings (SSSR count). The lowest BCUT2D eigenvalue weighted by atomic mass is 10.1. The van der Waals surface area contributed by atoms with Gasteiger partial charge in [-0.15, -0.1) is 0 Å². The maximum Gasteiger partial charge on any atom is 0.251 e. The number of thioether (sulfide) groups is 1. The predicted molar refractivity (Wildman–Crippen MR) is 141 cm³/mol. The van der Waals surface area contributed by atoms with Crippen LogP contribution in [0.15, 0.2) is 102 Å². The molecule has 5 nitrogen and oxygen atoms in total. The van der Waals surface area contributed by atoms with Crippen molar-refractivity contribution in [1.29, 1.82) is 0 Å². The van der Waals surface area contributed by atoms with Gasteiger partial charge in [-0.1, -0.05) is 66.4 Å². The topological polar surface area (TPSA) is 59.8 Å². The molecule has 0 saturated carbocycles. The van der Waals surface area contributed by atoms with E-state index in [1.807, 2.05) is 73.7 Å². The largest absolute Gasteiger partial charge is 0.346 e. The second-order valence-electron chi connectivity index (χ2n) is 8.54. The number of aromatic nitrogens is 3. The van der Waals surface area contributed by atoms with Crippen LogP contribution in [-0.4, -0.2) is 20.4 Å². The van der Waals surface area contributed by atoms with Gasteiger partial charge in [0.05, 0.1) is 12.6 Å². The molecule has 3 aromatic carbocycles. The van der Waals surface area contributed by atoms with Crippen LogP contribution in [0.2, 0.25) is 0 Å². The lowest BCUT2D eigenvalue weighted by molar-refractivity contribution is 0.0940. The molecule has 0 bridgehead atoms. The highest BCUT2D eigenvalue weighted by Gasteiger charge is 2.14. The summed E-state index contributed by atoms with van der Waals surface area (Å²) < 4.78 is 15.4. The van der Waals surface area contributed by atoms with E-state index in [1.54, 1.807) is 30.1 Å². The fourth-order valence-corrected chi connectivity index (χ4v) is 4.93. The number of benzene rings is 3. The molecular weight excluding hydrogens is 471 g/mol. The summed E-state index contributed by atoms with van der Waals surface area (Å²) in [7, 11) is 0. The van der Waals surface area contributed by atoms with Crippen molar-refractivity contribution in [3.05, 3.63) is 125 Å². The normalized spacial score (nSPS) is 11.9. The Bertz CT molecular complexity index is 1470. The van der Waals surface area contributed by atoms with Crippen molar-refractivity contribution in [1.82, 2.24) is 19.9 Å². The summed E-state index contributed by atoms with van der Waals surface area (Å²) in [5.74, 6) is 0.334. The first kappa shape index (κ1) is 23.8. The van der Waals surface area contributed by atoms with Crippen molar-refractivity contribution in [2.24, 2.45) is 0 Å². The summed E-state index contributed by atoms with van der Waals surface area (Å²) in [4.78, 5) is 22.0. The summed E-state index contributed by atoms with van der Waals surface area (Å²) in [6.07, 6.45) is 1.75. The van der Waals surface area contributed by atoms with E-state index in [-0.39, 0.29) is 17.8 Å². The van der Waals surface area contributed by atoms with Gasteiger partial charge < -0.3 is 5.32 Å². The number of hydrogen-bond donors (Lipinski definition) is 1. The van der Waals surface area contributed by atoms with Gasteiger partial charge in [-0.2, -0.15) is 0 Å². The molecule has 1 unspecified atom stereocenters. The highest BCUT2D eigenvalue weighted by Crippen LogP contribution is 2.27. The second-order valence-corrected chi connectivity index (χ2v) is 9.49. The molecule has 7 heteroatoms. The number of halogens is 1. The molecule has 0 fully saturated rings. The zero-order valence-electron chi connectivity index (χ0n) is 19.8. The molecule has 1 amide bonds. The molecule has 2 heterocycles. The fourth-order valence-electron chi connectivity index (χ4n) is 3.97. The molecule has 1 atom stereocenters. The van der Waals surface area contributed by atoms with Gasteiger partial charge in [0, 0.05) is 17.5 Å². The van der Waals surface area contributed by atoms with Gasteiger partial charge in [0.15, 0.2) is 10.8 Å². The van der Waals surface area contributed by atoms with Crippen LogP contribution < -0.4 is 5.32 Å². The number of carbonyl (C=O) groups is 1. The van der Waals surface area contributed by atoms with E-state index in [0.717, 1.165) is 33.0 Å². The first-order chi connectivity index (χ1) is 17.6. The van der Waals surface area contributed by atoms with E-state index in [9.17, 15) is 9.18 Å². The van der Waals surface area contributed by atoms with E-state index in [4.69, 9.17) is 4.98 Å². The Morgan fingerprint density at radius 1 is 0.944 bits per heavy atom. The molecule has 36 heavy (non-hydrogen) atoms. The smallest absolute Gasteiger partial charge is 0.251 e. The van der Waals surface area contributed by atoms with Gasteiger partial charge in [-0.25, -0.2) is 14.4 Å². The third kappa shape index (κ3) is 5.47. The van der Waals surface area contributed by atoms with Crippen molar-refractivity contribution >= 4 is 28.8 Å². The minimum absolute atomic E-state index is 0.0726. The van der Waals surface area contributed by atoms with Gasteiger partial charge in [0.2, 0.25) is 0 Å². The standard InChI is InChI=1S/C29H25FN4OS/c1-20(23-6-3-2-4-7-23)32-28(35)24-13-9-22(10-14-24)19-36-29-33-26-8-5-17-31-27(26)34(29)18-21-11-15-25(30)16-12-21/h2-17,20H,18-19H2,1H3,(H,32,35). The minimum Gasteiger partial charge on any atom is -0.346 e. The highest BCUT2D eigenvalue weighted by atomic mass is 32.2. The fraction of sp³-hybridized carbons (Fsp3) is 0.138. The maximum absolute atomic E-state index is 13.4. The Balaban J connectivity index is 1.27. The van der Waals surface area contributed by atoms with E-state index < -0.39 is 0 Å². The second kappa shape index (κ2) is 10.7. The number of rotatable bonds is 8. The van der Waals surface area contributed by atoms with Crippen molar-refractivity contribution in [2.45, 2.75) is 30.4 Å². The molecule has 0 radical (unpaired) electrons. The van der Waals surface area contributed by atoms with Crippen LogP contribution in [-0.2, 0) is 12.3 Å². The van der Waals surface area contributed by atoms with Crippen LogP contribution in [0.25, 0.3) is 11.2 Å². The molecular formula is C29H25FN4OS. The third-order valence-electron chi connectivity index (χ3n) is 5.95. The lowest BCUT2D eigenvalue weighted by Gasteiger charge is -2.14. The van der Waals surface area contributed by atoms with E-state index in [1.165, 1.54) is 12.1 Å². The van der Waals surface area contributed by atoms with Crippen LogP contribution in [0.1, 0.15) is 40.0 Å². The number of nitrogens with one attached hydrogen (secondary N) is 1. The Labute approximate surface area is 213 Å². The van der Waals surface area contributed by atoms with Gasteiger partial charge in [-0.3, -0.25) is 9.36 Å². The molecule has 0 aliphatic heterocycles. The molecule has 5 aromatic rings. The highest BCUT2D eigenvalue weighted by molar-refractivity contribution is 7.98. The summed E-state index contributed by atoms with van der Waals surface area (Å²) in [5, 5.41) is 3.89. The van der Waals surface area contributed by atoms with Crippen LogP contribution >= 0.6 is 11.8 Å². The number of amides is 1. The number of fused-ring (bicyclic) bond motifs is 1. The zero-order valence-corrected chi connectivity index (χ0v) is 20.6. The molecule has 2 aromatic heterocycles. The SMILES string of the molecule is CC(NC(=O)c1ccc(CSc2nc3cccnc3n2Cc2ccc(F)cc2)cc1)c1ccccc1. The van der Waals surface area contributed by atoms with Gasteiger partial charge >= 0.3 is 0 Å². The first-order valence-electron chi connectivity index (χ1n) is 11.7.